The average molecular weight is 399 g/mol. The Labute approximate surface area is 168 Å². The lowest BCUT2D eigenvalue weighted by atomic mass is 10.0. The molecule has 0 aliphatic heterocycles. The van der Waals surface area contributed by atoms with Crippen molar-refractivity contribution in [1.82, 2.24) is 14.8 Å². The number of rotatable bonds is 7. The van der Waals surface area contributed by atoms with E-state index in [4.69, 9.17) is 0 Å². The van der Waals surface area contributed by atoms with Crippen LogP contribution in [0.2, 0.25) is 0 Å². The number of carbonyl (C=O) groups is 1. The van der Waals surface area contributed by atoms with E-state index in [2.05, 4.69) is 29.4 Å². The molecule has 5 nitrogen and oxygen atoms in total. The van der Waals surface area contributed by atoms with E-state index in [1.54, 1.807) is 12.1 Å². The van der Waals surface area contributed by atoms with E-state index in [1.165, 1.54) is 29.5 Å². The summed E-state index contributed by atoms with van der Waals surface area (Å²) in [6.07, 6.45) is 0. The molecule has 0 aliphatic carbocycles. The van der Waals surface area contributed by atoms with Crippen molar-refractivity contribution in [2.75, 3.05) is 11.1 Å². The number of carbonyl (C=O) groups excluding carboxylic acids is 1. The zero-order valence-corrected chi connectivity index (χ0v) is 17.0. The maximum atomic E-state index is 13.1. The molecule has 0 saturated heterocycles. The lowest BCUT2D eigenvalue weighted by Gasteiger charge is -2.09. The topological polar surface area (TPSA) is 59.8 Å². The van der Waals surface area contributed by atoms with Gasteiger partial charge in [-0.15, -0.1) is 10.2 Å². The van der Waals surface area contributed by atoms with Crippen LogP contribution in [-0.4, -0.2) is 26.4 Å². The normalized spacial score (nSPS) is 11.0. The van der Waals surface area contributed by atoms with Gasteiger partial charge in [-0.25, -0.2) is 4.39 Å². The number of nitrogens with zero attached hydrogens (tertiary/aromatic N) is 3. The summed E-state index contributed by atoms with van der Waals surface area (Å²) in [6, 6.07) is 14.0. The predicted molar refractivity (Wildman–Crippen MR) is 111 cm³/mol. The lowest BCUT2D eigenvalue weighted by molar-refractivity contribution is -0.113. The summed E-state index contributed by atoms with van der Waals surface area (Å²) in [4.78, 5) is 12.3. The zero-order chi connectivity index (χ0) is 20.1. The van der Waals surface area contributed by atoms with E-state index < -0.39 is 0 Å². The molecule has 2 aromatic carbocycles. The standard InChI is InChI=1S/C21H23FN4OS/c1-4-26-20(16-5-9-17(22)10-6-16)24-25-21(26)28-13-19(27)23-18-11-7-15(8-12-18)14(2)3/h5-12,14H,4,13H2,1-3H3,(H,23,27). The summed E-state index contributed by atoms with van der Waals surface area (Å²) >= 11 is 1.33. The van der Waals surface area contributed by atoms with E-state index in [-0.39, 0.29) is 17.5 Å². The van der Waals surface area contributed by atoms with Gasteiger partial charge in [0.05, 0.1) is 5.75 Å². The fourth-order valence-corrected chi connectivity index (χ4v) is 3.57. The predicted octanol–water partition coefficient (Wildman–Crippen LogP) is 4.96. The Hall–Kier alpha value is -2.67. The van der Waals surface area contributed by atoms with Crippen LogP contribution in [0.3, 0.4) is 0 Å². The minimum absolute atomic E-state index is 0.101. The van der Waals surface area contributed by atoms with Gasteiger partial charge in [0.1, 0.15) is 5.82 Å². The number of aromatic nitrogens is 3. The largest absolute Gasteiger partial charge is 0.325 e. The molecule has 3 rings (SSSR count). The third kappa shape index (κ3) is 4.78. The Morgan fingerprint density at radius 2 is 1.79 bits per heavy atom. The highest BCUT2D eigenvalue weighted by molar-refractivity contribution is 7.99. The first-order chi connectivity index (χ1) is 13.5. The van der Waals surface area contributed by atoms with Crippen LogP contribution >= 0.6 is 11.8 Å². The van der Waals surface area contributed by atoms with Gasteiger partial charge in [-0.05, 0) is 54.8 Å². The summed E-state index contributed by atoms with van der Waals surface area (Å²) in [6.45, 7) is 6.90. The second-order valence-corrected chi connectivity index (χ2v) is 7.61. The molecule has 1 aromatic heterocycles. The van der Waals surface area contributed by atoms with Crippen molar-refractivity contribution in [1.29, 1.82) is 0 Å². The number of nitrogens with one attached hydrogen (secondary N) is 1. The molecule has 3 aromatic rings. The molecule has 28 heavy (non-hydrogen) atoms. The van der Waals surface area contributed by atoms with Crippen molar-refractivity contribution in [2.24, 2.45) is 0 Å². The molecule has 0 saturated carbocycles. The fourth-order valence-electron chi connectivity index (χ4n) is 2.77. The number of hydrogen-bond acceptors (Lipinski definition) is 4. The van der Waals surface area contributed by atoms with Crippen LogP contribution in [0.5, 0.6) is 0 Å². The second-order valence-electron chi connectivity index (χ2n) is 6.67. The summed E-state index contributed by atoms with van der Waals surface area (Å²) < 4.78 is 15.1. The van der Waals surface area contributed by atoms with Gasteiger partial charge in [0.25, 0.3) is 0 Å². The number of benzene rings is 2. The Morgan fingerprint density at radius 3 is 2.39 bits per heavy atom. The molecular formula is C21H23FN4OS. The van der Waals surface area contributed by atoms with Crippen molar-refractivity contribution < 1.29 is 9.18 Å². The summed E-state index contributed by atoms with van der Waals surface area (Å²) in [5, 5.41) is 12.0. The Balaban J connectivity index is 1.64. The van der Waals surface area contributed by atoms with Crippen LogP contribution < -0.4 is 5.32 Å². The summed E-state index contributed by atoms with van der Waals surface area (Å²) in [7, 11) is 0. The first-order valence-corrected chi connectivity index (χ1v) is 10.2. The molecule has 146 valence electrons. The van der Waals surface area contributed by atoms with Gasteiger partial charge in [-0.3, -0.25) is 4.79 Å². The van der Waals surface area contributed by atoms with Gasteiger partial charge in [0.15, 0.2) is 11.0 Å². The number of halogens is 1. The third-order valence-corrected chi connectivity index (χ3v) is 5.30. The quantitative estimate of drug-likeness (QED) is 0.572. The first-order valence-electron chi connectivity index (χ1n) is 9.19. The molecule has 7 heteroatoms. The minimum Gasteiger partial charge on any atom is -0.325 e. The maximum absolute atomic E-state index is 13.1. The monoisotopic (exact) mass is 398 g/mol. The van der Waals surface area contributed by atoms with Crippen LogP contribution in [0, 0.1) is 5.82 Å². The number of thioether (sulfide) groups is 1. The minimum atomic E-state index is -0.293. The zero-order valence-electron chi connectivity index (χ0n) is 16.1. The molecule has 0 bridgehead atoms. The molecule has 0 radical (unpaired) electrons. The van der Waals surface area contributed by atoms with Gasteiger partial charge >= 0.3 is 0 Å². The second kappa shape index (κ2) is 9.01. The highest BCUT2D eigenvalue weighted by Gasteiger charge is 2.15. The maximum Gasteiger partial charge on any atom is 0.234 e. The van der Waals surface area contributed by atoms with Crippen LogP contribution in [-0.2, 0) is 11.3 Å². The Morgan fingerprint density at radius 1 is 1.11 bits per heavy atom. The molecule has 0 aliphatic rings. The van der Waals surface area contributed by atoms with Crippen molar-refractivity contribution in [3.05, 3.63) is 59.9 Å². The average Bonchev–Trinajstić information content (AvgIpc) is 3.10. The molecule has 0 spiro atoms. The van der Waals surface area contributed by atoms with E-state index in [1.807, 2.05) is 35.8 Å². The highest BCUT2D eigenvalue weighted by Crippen LogP contribution is 2.24. The number of anilines is 1. The highest BCUT2D eigenvalue weighted by atomic mass is 32.2. The van der Waals surface area contributed by atoms with Gasteiger partial charge in [0, 0.05) is 17.8 Å². The van der Waals surface area contributed by atoms with Gasteiger partial charge in [-0.2, -0.15) is 0 Å². The molecule has 0 fully saturated rings. The first kappa shape index (κ1) is 20.1. The molecule has 1 N–H and O–H groups in total. The molecule has 0 atom stereocenters. The third-order valence-electron chi connectivity index (χ3n) is 4.33. The van der Waals surface area contributed by atoms with Gasteiger partial charge in [0.2, 0.25) is 5.91 Å². The van der Waals surface area contributed by atoms with Crippen molar-refractivity contribution in [2.45, 2.75) is 38.4 Å². The van der Waals surface area contributed by atoms with Gasteiger partial charge < -0.3 is 9.88 Å². The smallest absolute Gasteiger partial charge is 0.234 e. The van der Waals surface area contributed by atoms with E-state index in [9.17, 15) is 9.18 Å². The van der Waals surface area contributed by atoms with Crippen LogP contribution in [0.25, 0.3) is 11.4 Å². The summed E-state index contributed by atoms with van der Waals surface area (Å²) in [5.41, 5.74) is 2.80. The molecule has 0 unspecified atom stereocenters. The van der Waals surface area contributed by atoms with Crippen molar-refractivity contribution >= 4 is 23.4 Å². The van der Waals surface area contributed by atoms with E-state index in [0.29, 0.717) is 23.4 Å². The van der Waals surface area contributed by atoms with Crippen molar-refractivity contribution in [3.8, 4) is 11.4 Å². The number of amides is 1. The van der Waals surface area contributed by atoms with Crippen LogP contribution in [0.4, 0.5) is 10.1 Å². The Kier molecular flexibility index (Phi) is 6.46. The molecule has 1 heterocycles. The summed E-state index contributed by atoms with van der Waals surface area (Å²) in [5.74, 6) is 0.953. The molecular weight excluding hydrogens is 375 g/mol. The van der Waals surface area contributed by atoms with Crippen LogP contribution in [0.15, 0.2) is 53.7 Å². The van der Waals surface area contributed by atoms with E-state index >= 15 is 0 Å². The van der Waals surface area contributed by atoms with E-state index in [0.717, 1.165) is 11.3 Å². The molecule has 1 amide bonds. The SMILES string of the molecule is CCn1c(SCC(=O)Nc2ccc(C(C)C)cc2)nnc1-c1ccc(F)cc1. The fraction of sp³-hybridized carbons (Fsp3) is 0.286. The number of hydrogen-bond donors (Lipinski definition) is 1. The lowest BCUT2D eigenvalue weighted by Crippen LogP contribution is -2.14. The van der Waals surface area contributed by atoms with Gasteiger partial charge in [-0.1, -0.05) is 37.7 Å². The van der Waals surface area contributed by atoms with Crippen LogP contribution in [0.1, 0.15) is 32.3 Å². The Bertz CT molecular complexity index is 936. The van der Waals surface area contributed by atoms with Crippen molar-refractivity contribution in [3.63, 3.8) is 0 Å².